The van der Waals surface area contributed by atoms with Crippen molar-refractivity contribution in [3.05, 3.63) is 94.0 Å². The number of pyridine rings is 1. The van der Waals surface area contributed by atoms with Gasteiger partial charge >= 0.3 is 0 Å². The Morgan fingerprint density at radius 3 is 2.61 bits per heavy atom. The largest absolute Gasteiger partial charge is 0.490 e. The standard InChI is InChI=1S/C29H33N5OS/c1-6-23(18-30)27(35-20(3)4)12-9-13-28-33-34-29(36-28)26-11-8-10-25(24(26)7-2)21(5)32-19-22-14-16-31-17-15-22/h6,8-17,20-21,32H,7,19H2,1-5H3/b13-9+,23-6-,27-12+. The van der Waals surface area contributed by atoms with Crippen LogP contribution in [-0.2, 0) is 17.7 Å². The molecule has 0 radical (unpaired) electrons. The second-order valence-electron chi connectivity index (χ2n) is 8.50. The van der Waals surface area contributed by atoms with Crippen molar-refractivity contribution in [2.45, 2.75) is 59.7 Å². The van der Waals surface area contributed by atoms with E-state index in [1.54, 1.807) is 23.5 Å². The highest BCUT2D eigenvalue weighted by molar-refractivity contribution is 7.15. The van der Waals surface area contributed by atoms with E-state index in [4.69, 9.17) is 4.74 Å². The molecule has 0 fully saturated rings. The summed E-state index contributed by atoms with van der Waals surface area (Å²) in [6.07, 6.45) is 11.8. The number of hydrogen-bond donors (Lipinski definition) is 1. The summed E-state index contributed by atoms with van der Waals surface area (Å²) in [5, 5.41) is 23.5. The van der Waals surface area contributed by atoms with Gasteiger partial charge in [0.15, 0.2) is 0 Å². The number of hydrogen-bond acceptors (Lipinski definition) is 7. The Morgan fingerprint density at radius 2 is 1.94 bits per heavy atom. The van der Waals surface area contributed by atoms with Gasteiger partial charge in [0.1, 0.15) is 21.8 Å². The second-order valence-corrected chi connectivity index (χ2v) is 9.51. The van der Waals surface area contributed by atoms with Crippen LogP contribution in [0.15, 0.2) is 72.3 Å². The molecule has 1 atom stereocenters. The fourth-order valence-electron chi connectivity index (χ4n) is 3.82. The number of allylic oxidation sites excluding steroid dienone is 4. The molecule has 0 saturated heterocycles. The van der Waals surface area contributed by atoms with Gasteiger partial charge in [-0.05, 0) is 75.1 Å². The first-order valence-electron chi connectivity index (χ1n) is 12.2. The number of nitriles is 1. The number of nitrogens with one attached hydrogen (secondary N) is 1. The molecule has 7 heteroatoms. The summed E-state index contributed by atoms with van der Waals surface area (Å²) in [5.41, 5.74) is 5.37. The summed E-state index contributed by atoms with van der Waals surface area (Å²) >= 11 is 1.55. The Labute approximate surface area is 218 Å². The second kappa shape index (κ2) is 13.5. The van der Waals surface area contributed by atoms with Gasteiger partial charge in [0, 0.05) is 30.5 Å². The van der Waals surface area contributed by atoms with Crippen molar-refractivity contribution in [1.82, 2.24) is 20.5 Å². The first-order valence-corrected chi connectivity index (χ1v) is 13.0. The molecule has 186 valence electrons. The highest BCUT2D eigenvalue weighted by Gasteiger charge is 2.16. The summed E-state index contributed by atoms with van der Waals surface area (Å²) in [5.74, 6) is 0.546. The van der Waals surface area contributed by atoms with E-state index in [0.717, 1.165) is 28.5 Å². The van der Waals surface area contributed by atoms with Crippen LogP contribution in [0.5, 0.6) is 0 Å². The lowest BCUT2D eigenvalue weighted by molar-refractivity contribution is 0.155. The van der Waals surface area contributed by atoms with E-state index >= 15 is 0 Å². The van der Waals surface area contributed by atoms with Crippen molar-refractivity contribution in [3.8, 4) is 16.6 Å². The highest BCUT2D eigenvalue weighted by atomic mass is 32.1. The van der Waals surface area contributed by atoms with E-state index in [9.17, 15) is 5.26 Å². The van der Waals surface area contributed by atoms with Crippen LogP contribution in [0.25, 0.3) is 16.6 Å². The minimum absolute atomic E-state index is 0.0256. The maximum atomic E-state index is 9.37. The Kier molecular flexibility index (Phi) is 10.1. The molecule has 1 unspecified atom stereocenters. The van der Waals surface area contributed by atoms with Crippen LogP contribution < -0.4 is 5.32 Å². The number of nitrogens with zero attached hydrogens (tertiary/aromatic N) is 4. The molecule has 6 nitrogen and oxygen atoms in total. The van der Waals surface area contributed by atoms with Gasteiger partial charge < -0.3 is 10.1 Å². The van der Waals surface area contributed by atoms with Crippen molar-refractivity contribution >= 4 is 17.4 Å². The lowest BCUT2D eigenvalue weighted by Crippen LogP contribution is -2.19. The molecule has 0 amide bonds. The quantitative estimate of drug-likeness (QED) is 0.177. The molecule has 36 heavy (non-hydrogen) atoms. The zero-order valence-electron chi connectivity index (χ0n) is 21.5. The monoisotopic (exact) mass is 499 g/mol. The van der Waals surface area contributed by atoms with Crippen molar-refractivity contribution in [2.75, 3.05) is 0 Å². The van der Waals surface area contributed by atoms with Crippen LogP contribution in [0.1, 0.15) is 62.4 Å². The van der Waals surface area contributed by atoms with E-state index < -0.39 is 0 Å². The summed E-state index contributed by atoms with van der Waals surface area (Å²) in [6.45, 7) is 10.8. The van der Waals surface area contributed by atoms with E-state index in [2.05, 4.69) is 58.6 Å². The molecule has 2 heterocycles. The third-order valence-corrected chi connectivity index (χ3v) is 6.51. The van der Waals surface area contributed by atoms with Gasteiger partial charge in [-0.1, -0.05) is 48.6 Å². The molecule has 3 rings (SSSR count). The SMILES string of the molecule is C\C=C(C#N)/C(=C\C=C\c1nnc(-c2cccc(C(C)NCc3ccncc3)c2CC)s1)OC(C)C. The van der Waals surface area contributed by atoms with Gasteiger partial charge in [-0.2, -0.15) is 5.26 Å². The van der Waals surface area contributed by atoms with Gasteiger partial charge in [-0.3, -0.25) is 4.98 Å². The minimum atomic E-state index is -0.0256. The van der Waals surface area contributed by atoms with E-state index in [1.165, 1.54) is 16.7 Å². The fourth-order valence-corrected chi connectivity index (χ4v) is 4.63. The maximum Gasteiger partial charge on any atom is 0.148 e. The normalized spacial score (nSPS) is 13.2. The topological polar surface area (TPSA) is 83.7 Å². The van der Waals surface area contributed by atoms with Crippen molar-refractivity contribution in [3.63, 3.8) is 0 Å². The summed E-state index contributed by atoms with van der Waals surface area (Å²) in [6, 6.07) is 12.8. The average molecular weight is 500 g/mol. The Balaban J connectivity index is 1.80. The fraction of sp³-hybridized carbons (Fsp3) is 0.310. The number of ether oxygens (including phenoxy) is 1. The molecule has 1 N–H and O–H groups in total. The predicted octanol–water partition coefficient (Wildman–Crippen LogP) is 6.81. The minimum Gasteiger partial charge on any atom is -0.490 e. The summed E-state index contributed by atoms with van der Waals surface area (Å²) < 4.78 is 5.80. The molecule has 0 aliphatic rings. The molecule has 2 aromatic heterocycles. The molecule has 0 saturated carbocycles. The smallest absolute Gasteiger partial charge is 0.148 e. The molecule has 0 spiro atoms. The molecule has 0 bridgehead atoms. The Bertz CT molecular complexity index is 1270. The summed E-state index contributed by atoms with van der Waals surface area (Å²) in [4.78, 5) is 4.09. The number of benzene rings is 1. The van der Waals surface area contributed by atoms with Crippen molar-refractivity contribution in [2.24, 2.45) is 0 Å². The number of aromatic nitrogens is 3. The predicted molar refractivity (Wildman–Crippen MR) is 147 cm³/mol. The van der Waals surface area contributed by atoms with E-state index in [0.29, 0.717) is 11.3 Å². The highest BCUT2D eigenvalue weighted by Crippen LogP contribution is 2.32. The van der Waals surface area contributed by atoms with Crippen molar-refractivity contribution in [1.29, 1.82) is 5.26 Å². The molecule has 3 aromatic rings. The lowest BCUT2D eigenvalue weighted by Gasteiger charge is -2.19. The third kappa shape index (κ3) is 7.20. The molecule has 1 aromatic carbocycles. The number of rotatable bonds is 11. The summed E-state index contributed by atoms with van der Waals surface area (Å²) in [7, 11) is 0. The average Bonchev–Trinajstić information content (AvgIpc) is 3.36. The van der Waals surface area contributed by atoms with Crippen LogP contribution in [0, 0.1) is 11.3 Å². The first kappa shape index (κ1) is 27.0. The van der Waals surface area contributed by atoms with Gasteiger partial charge in [0.05, 0.1) is 11.7 Å². The van der Waals surface area contributed by atoms with Crippen LogP contribution in [0.4, 0.5) is 0 Å². The Morgan fingerprint density at radius 1 is 1.17 bits per heavy atom. The van der Waals surface area contributed by atoms with Gasteiger partial charge in [-0.25, -0.2) is 0 Å². The van der Waals surface area contributed by atoms with Crippen LogP contribution in [0.2, 0.25) is 0 Å². The maximum absolute atomic E-state index is 9.37. The zero-order valence-corrected chi connectivity index (χ0v) is 22.3. The van der Waals surface area contributed by atoms with Gasteiger partial charge in [0.25, 0.3) is 0 Å². The van der Waals surface area contributed by atoms with Crippen LogP contribution in [0.3, 0.4) is 0 Å². The molecule has 0 aliphatic carbocycles. The molecule has 0 aliphatic heterocycles. The van der Waals surface area contributed by atoms with E-state index in [-0.39, 0.29) is 12.1 Å². The lowest BCUT2D eigenvalue weighted by atomic mass is 9.94. The Hall–Kier alpha value is -3.60. The first-order chi connectivity index (χ1) is 17.5. The molecular weight excluding hydrogens is 466 g/mol. The van der Waals surface area contributed by atoms with E-state index in [1.807, 2.05) is 57.4 Å². The third-order valence-electron chi connectivity index (χ3n) is 5.59. The molecular formula is C29H33N5OS. The van der Waals surface area contributed by atoms with Gasteiger partial charge in [0.2, 0.25) is 0 Å². The van der Waals surface area contributed by atoms with Crippen LogP contribution in [-0.4, -0.2) is 21.3 Å². The van der Waals surface area contributed by atoms with Crippen molar-refractivity contribution < 1.29 is 4.74 Å². The van der Waals surface area contributed by atoms with Gasteiger partial charge in [-0.15, -0.1) is 10.2 Å². The zero-order chi connectivity index (χ0) is 25.9. The van der Waals surface area contributed by atoms with Crippen LogP contribution >= 0.6 is 11.3 Å².